The monoisotopic (exact) mass is 357 g/mol. The Kier molecular flexibility index (Phi) is 4.75. The van der Waals surface area contributed by atoms with Gasteiger partial charge in [-0.25, -0.2) is 14.8 Å². The highest BCUT2D eigenvalue weighted by atomic mass is 16.5. The SMILES string of the molecule is COc1cc2c(cc1OC)C(C)N(C(=O)c1nccnc1C(=O)O)CC2. The number of carboxylic acid groups (broad SMARTS) is 1. The average molecular weight is 357 g/mol. The molecule has 0 saturated heterocycles. The molecule has 0 radical (unpaired) electrons. The number of amides is 1. The molecule has 0 bridgehead atoms. The smallest absolute Gasteiger partial charge is 0.356 e. The summed E-state index contributed by atoms with van der Waals surface area (Å²) >= 11 is 0. The molecule has 0 spiro atoms. The van der Waals surface area contributed by atoms with Gasteiger partial charge < -0.3 is 19.5 Å². The first-order chi connectivity index (χ1) is 12.5. The van der Waals surface area contributed by atoms with E-state index in [1.54, 1.807) is 19.1 Å². The van der Waals surface area contributed by atoms with Crippen molar-refractivity contribution in [2.45, 2.75) is 19.4 Å². The summed E-state index contributed by atoms with van der Waals surface area (Å²) in [6.45, 7) is 2.33. The summed E-state index contributed by atoms with van der Waals surface area (Å²) in [5.74, 6) is -0.514. The number of benzene rings is 1. The van der Waals surface area contributed by atoms with Crippen LogP contribution in [0.2, 0.25) is 0 Å². The number of aromatic nitrogens is 2. The maximum atomic E-state index is 12.9. The number of hydrogen-bond donors (Lipinski definition) is 1. The van der Waals surface area contributed by atoms with Gasteiger partial charge in [0.25, 0.3) is 5.91 Å². The van der Waals surface area contributed by atoms with Crippen LogP contribution in [0.1, 0.15) is 45.1 Å². The van der Waals surface area contributed by atoms with E-state index >= 15 is 0 Å². The molecule has 26 heavy (non-hydrogen) atoms. The van der Waals surface area contributed by atoms with Gasteiger partial charge in [0, 0.05) is 18.9 Å². The van der Waals surface area contributed by atoms with Gasteiger partial charge >= 0.3 is 5.97 Å². The highest BCUT2D eigenvalue weighted by molar-refractivity contribution is 6.02. The zero-order valence-electron chi connectivity index (χ0n) is 14.7. The summed E-state index contributed by atoms with van der Waals surface area (Å²) in [6.07, 6.45) is 3.19. The Morgan fingerprint density at radius 3 is 2.35 bits per heavy atom. The third-order valence-electron chi connectivity index (χ3n) is 4.55. The van der Waals surface area contributed by atoms with Crippen molar-refractivity contribution in [3.05, 3.63) is 47.0 Å². The van der Waals surface area contributed by atoms with Gasteiger partial charge in [0.1, 0.15) is 0 Å². The standard InChI is InChI=1S/C18H19N3O5/c1-10-12-9-14(26-3)13(25-2)8-11(12)4-7-21(10)17(22)15-16(18(23)24)20-6-5-19-15/h5-6,8-10H,4,7H2,1-3H3,(H,23,24). The summed E-state index contributed by atoms with van der Waals surface area (Å²) < 4.78 is 10.7. The second-order valence-electron chi connectivity index (χ2n) is 5.89. The molecule has 1 N–H and O–H groups in total. The topological polar surface area (TPSA) is 102 Å². The second-order valence-corrected chi connectivity index (χ2v) is 5.89. The number of rotatable bonds is 4. The molecule has 0 aliphatic carbocycles. The number of carbonyl (C=O) groups is 2. The van der Waals surface area contributed by atoms with Crippen LogP contribution in [0.15, 0.2) is 24.5 Å². The molecule has 8 nitrogen and oxygen atoms in total. The molecule has 1 aliphatic heterocycles. The third-order valence-corrected chi connectivity index (χ3v) is 4.55. The summed E-state index contributed by atoms with van der Waals surface area (Å²) in [5, 5.41) is 9.26. The lowest BCUT2D eigenvalue weighted by molar-refractivity contribution is 0.0633. The summed E-state index contributed by atoms with van der Waals surface area (Å²) in [7, 11) is 3.13. The van der Waals surface area contributed by atoms with E-state index in [4.69, 9.17) is 9.47 Å². The third kappa shape index (κ3) is 2.94. The van der Waals surface area contributed by atoms with Crippen molar-refractivity contribution < 1.29 is 24.2 Å². The van der Waals surface area contributed by atoms with Crippen molar-refractivity contribution in [2.24, 2.45) is 0 Å². The highest BCUT2D eigenvalue weighted by Crippen LogP contribution is 2.38. The van der Waals surface area contributed by atoms with Crippen LogP contribution in [0.25, 0.3) is 0 Å². The van der Waals surface area contributed by atoms with E-state index in [0.29, 0.717) is 24.5 Å². The molecule has 8 heteroatoms. The zero-order valence-corrected chi connectivity index (χ0v) is 14.7. The lowest BCUT2D eigenvalue weighted by Crippen LogP contribution is -2.40. The van der Waals surface area contributed by atoms with Gasteiger partial charge in [0.15, 0.2) is 22.9 Å². The van der Waals surface area contributed by atoms with Crippen molar-refractivity contribution >= 4 is 11.9 Å². The molecule has 2 heterocycles. The molecule has 1 unspecified atom stereocenters. The number of fused-ring (bicyclic) bond motifs is 1. The van der Waals surface area contributed by atoms with E-state index in [-0.39, 0.29) is 17.4 Å². The van der Waals surface area contributed by atoms with E-state index in [2.05, 4.69) is 9.97 Å². The summed E-state index contributed by atoms with van der Waals surface area (Å²) in [4.78, 5) is 33.6. The number of carbonyl (C=O) groups excluding carboxylic acids is 1. The normalized spacial score (nSPS) is 16.0. The van der Waals surface area contributed by atoms with Crippen molar-refractivity contribution in [3.8, 4) is 11.5 Å². The van der Waals surface area contributed by atoms with E-state index in [1.165, 1.54) is 12.4 Å². The Hall–Kier alpha value is -3.16. The van der Waals surface area contributed by atoms with Crippen LogP contribution in [-0.4, -0.2) is 52.6 Å². The number of carboxylic acids is 1. The van der Waals surface area contributed by atoms with Crippen LogP contribution in [0.5, 0.6) is 11.5 Å². The van der Waals surface area contributed by atoms with Crippen LogP contribution < -0.4 is 9.47 Å². The Bertz CT molecular complexity index is 868. The van der Waals surface area contributed by atoms with Crippen LogP contribution in [0.3, 0.4) is 0 Å². The minimum Gasteiger partial charge on any atom is -0.493 e. The summed E-state index contributed by atoms with van der Waals surface area (Å²) in [6, 6.07) is 3.50. The van der Waals surface area contributed by atoms with E-state index < -0.39 is 11.9 Å². The lowest BCUT2D eigenvalue weighted by Gasteiger charge is -2.35. The maximum Gasteiger partial charge on any atom is 0.356 e. The highest BCUT2D eigenvalue weighted by Gasteiger charge is 2.32. The quantitative estimate of drug-likeness (QED) is 0.892. The molecule has 0 saturated carbocycles. The fraction of sp³-hybridized carbons (Fsp3) is 0.333. The molecule has 3 rings (SSSR count). The average Bonchev–Trinajstić information content (AvgIpc) is 2.66. The first-order valence-electron chi connectivity index (χ1n) is 8.08. The molecule has 0 fully saturated rings. The Morgan fingerprint density at radius 2 is 1.73 bits per heavy atom. The van der Waals surface area contributed by atoms with E-state index in [0.717, 1.165) is 11.1 Å². The number of hydrogen-bond acceptors (Lipinski definition) is 6. The van der Waals surface area contributed by atoms with Crippen molar-refractivity contribution in [2.75, 3.05) is 20.8 Å². The van der Waals surface area contributed by atoms with Crippen LogP contribution >= 0.6 is 0 Å². The van der Waals surface area contributed by atoms with Gasteiger partial charge in [0.05, 0.1) is 20.3 Å². The molecular weight excluding hydrogens is 338 g/mol. The van der Waals surface area contributed by atoms with Gasteiger partial charge in [0.2, 0.25) is 0 Å². The Labute approximate surface area is 150 Å². The predicted molar refractivity (Wildman–Crippen MR) is 91.7 cm³/mol. The predicted octanol–water partition coefficient (Wildman–Crippen LogP) is 1.95. The fourth-order valence-electron chi connectivity index (χ4n) is 3.21. The number of methoxy groups -OCH3 is 2. The molecular formula is C18H19N3O5. The first kappa shape index (κ1) is 17.7. The van der Waals surface area contributed by atoms with E-state index in [1.807, 2.05) is 19.1 Å². The van der Waals surface area contributed by atoms with Gasteiger partial charge in [-0.2, -0.15) is 0 Å². The Morgan fingerprint density at radius 1 is 1.12 bits per heavy atom. The summed E-state index contributed by atoms with van der Waals surface area (Å²) in [5.41, 5.74) is 1.50. The molecule has 1 amide bonds. The molecule has 1 aromatic carbocycles. The van der Waals surface area contributed by atoms with Crippen molar-refractivity contribution in [3.63, 3.8) is 0 Å². The molecule has 136 valence electrons. The molecule has 1 aliphatic rings. The van der Waals surface area contributed by atoms with Crippen LogP contribution in [0.4, 0.5) is 0 Å². The molecule has 1 atom stereocenters. The van der Waals surface area contributed by atoms with Gasteiger partial charge in [-0.3, -0.25) is 4.79 Å². The van der Waals surface area contributed by atoms with Crippen molar-refractivity contribution in [1.29, 1.82) is 0 Å². The number of nitrogens with zero attached hydrogens (tertiary/aromatic N) is 3. The number of aromatic carboxylic acids is 1. The van der Waals surface area contributed by atoms with Crippen LogP contribution in [0, 0.1) is 0 Å². The van der Waals surface area contributed by atoms with Gasteiger partial charge in [-0.15, -0.1) is 0 Å². The van der Waals surface area contributed by atoms with Crippen LogP contribution in [-0.2, 0) is 6.42 Å². The second kappa shape index (κ2) is 6.99. The van der Waals surface area contributed by atoms with E-state index in [9.17, 15) is 14.7 Å². The Balaban J connectivity index is 1.98. The molecule has 2 aromatic rings. The maximum absolute atomic E-state index is 12.9. The minimum atomic E-state index is -1.28. The number of ether oxygens (including phenoxy) is 2. The van der Waals surface area contributed by atoms with Crippen molar-refractivity contribution in [1.82, 2.24) is 14.9 Å². The minimum absolute atomic E-state index is 0.157. The first-order valence-corrected chi connectivity index (χ1v) is 8.08. The molecule has 1 aromatic heterocycles. The largest absolute Gasteiger partial charge is 0.493 e. The van der Waals surface area contributed by atoms with Gasteiger partial charge in [-0.1, -0.05) is 0 Å². The van der Waals surface area contributed by atoms with Gasteiger partial charge in [-0.05, 0) is 36.6 Å². The zero-order chi connectivity index (χ0) is 18.8. The lowest BCUT2D eigenvalue weighted by atomic mass is 9.92. The fourth-order valence-corrected chi connectivity index (χ4v) is 3.21.